The Hall–Kier alpha value is -3.14. The van der Waals surface area contributed by atoms with Crippen LogP contribution in [0.1, 0.15) is 45.6 Å². The van der Waals surface area contributed by atoms with Gasteiger partial charge in [0.05, 0.1) is 6.04 Å². The second-order valence-electron chi connectivity index (χ2n) is 8.62. The van der Waals surface area contributed by atoms with Gasteiger partial charge in [-0.15, -0.1) is 0 Å². The molecule has 4 amide bonds. The number of carbonyl (C=O) groups is 4. The first-order chi connectivity index (χ1) is 15.7. The minimum Gasteiger partial charge on any atom is -0.445 e. The Labute approximate surface area is 193 Å². The standard InChI is InChI=1S/C23H34N4O6/c1-14(2)12-18-20(29)24-11-7-10-17(21(30)25-15(3)19(28)22(31)26-18)27-23(32)33-13-16-8-5-4-6-9-16/h4-6,8-9,14-15,17-19,28H,7,10-13H2,1-3H3,(H,24,29)(H,25,30)(H,26,31)(H,27,32)/t15-,17-,18-,19-/m0/s1. The molecule has 0 aliphatic carbocycles. The van der Waals surface area contributed by atoms with Crippen LogP contribution in [0.2, 0.25) is 0 Å². The highest BCUT2D eigenvalue weighted by Gasteiger charge is 2.31. The van der Waals surface area contributed by atoms with Gasteiger partial charge in [0, 0.05) is 6.54 Å². The van der Waals surface area contributed by atoms with Crippen LogP contribution in [0.25, 0.3) is 0 Å². The first kappa shape index (κ1) is 26.1. The van der Waals surface area contributed by atoms with Crippen LogP contribution in [0.5, 0.6) is 0 Å². The van der Waals surface area contributed by atoms with Gasteiger partial charge >= 0.3 is 6.09 Å². The van der Waals surface area contributed by atoms with Crippen LogP contribution in [-0.2, 0) is 25.7 Å². The minimum absolute atomic E-state index is 0.0452. The number of alkyl carbamates (subject to hydrolysis) is 1. The lowest BCUT2D eigenvalue weighted by Gasteiger charge is -2.25. The van der Waals surface area contributed by atoms with Gasteiger partial charge in [-0.05, 0) is 37.7 Å². The van der Waals surface area contributed by atoms with Gasteiger partial charge < -0.3 is 31.1 Å². The number of ether oxygens (including phenoxy) is 1. The Kier molecular flexibility index (Phi) is 10.1. The maximum Gasteiger partial charge on any atom is 0.408 e. The summed E-state index contributed by atoms with van der Waals surface area (Å²) in [6, 6.07) is 6.41. The topological polar surface area (TPSA) is 146 Å². The van der Waals surface area contributed by atoms with E-state index in [4.69, 9.17) is 4.74 Å². The summed E-state index contributed by atoms with van der Waals surface area (Å²) in [5.74, 6) is -1.53. The molecule has 0 radical (unpaired) electrons. The van der Waals surface area contributed by atoms with E-state index >= 15 is 0 Å². The molecule has 0 aromatic heterocycles. The third-order valence-corrected chi connectivity index (χ3v) is 5.24. The molecule has 2 rings (SSSR count). The van der Waals surface area contributed by atoms with Crippen LogP contribution in [0.3, 0.4) is 0 Å². The summed E-state index contributed by atoms with van der Waals surface area (Å²) in [5.41, 5.74) is 0.800. The molecule has 0 saturated carbocycles. The van der Waals surface area contributed by atoms with E-state index in [0.717, 1.165) is 5.56 Å². The highest BCUT2D eigenvalue weighted by atomic mass is 16.5. The summed E-state index contributed by atoms with van der Waals surface area (Å²) < 4.78 is 5.19. The molecular weight excluding hydrogens is 428 g/mol. The molecular formula is C23H34N4O6. The van der Waals surface area contributed by atoms with Crippen molar-refractivity contribution in [1.82, 2.24) is 21.3 Å². The molecule has 182 valence electrons. The molecule has 5 N–H and O–H groups in total. The quantitative estimate of drug-likeness (QED) is 0.433. The van der Waals surface area contributed by atoms with Crippen LogP contribution in [-0.4, -0.2) is 59.7 Å². The molecule has 33 heavy (non-hydrogen) atoms. The molecule has 1 saturated heterocycles. The molecule has 0 bridgehead atoms. The second kappa shape index (κ2) is 12.8. The smallest absolute Gasteiger partial charge is 0.408 e. The van der Waals surface area contributed by atoms with E-state index in [0.29, 0.717) is 12.8 Å². The van der Waals surface area contributed by atoms with Crippen molar-refractivity contribution in [3.8, 4) is 0 Å². The van der Waals surface area contributed by atoms with Gasteiger partial charge in [0.2, 0.25) is 11.8 Å². The van der Waals surface area contributed by atoms with Crippen molar-refractivity contribution in [3.05, 3.63) is 35.9 Å². The van der Waals surface area contributed by atoms with E-state index in [2.05, 4.69) is 21.3 Å². The third kappa shape index (κ3) is 8.72. The average Bonchev–Trinajstić information content (AvgIpc) is 2.78. The Bertz CT molecular complexity index is 816. The van der Waals surface area contributed by atoms with Gasteiger partial charge in [-0.2, -0.15) is 0 Å². The molecule has 1 aromatic carbocycles. The number of hydrogen-bond donors (Lipinski definition) is 5. The van der Waals surface area contributed by atoms with E-state index in [9.17, 15) is 24.3 Å². The van der Waals surface area contributed by atoms with Crippen molar-refractivity contribution in [2.45, 2.75) is 70.9 Å². The van der Waals surface area contributed by atoms with E-state index in [1.54, 1.807) is 0 Å². The molecule has 1 aliphatic heterocycles. The van der Waals surface area contributed by atoms with Crippen molar-refractivity contribution < 1.29 is 29.0 Å². The fraction of sp³-hybridized carbons (Fsp3) is 0.565. The highest BCUT2D eigenvalue weighted by molar-refractivity contribution is 5.91. The van der Waals surface area contributed by atoms with E-state index in [1.165, 1.54) is 6.92 Å². The Morgan fingerprint density at radius 3 is 2.48 bits per heavy atom. The number of carbonyl (C=O) groups excluding carboxylic acids is 4. The van der Waals surface area contributed by atoms with Gasteiger partial charge in [0.25, 0.3) is 5.91 Å². The number of nitrogens with one attached hydrogen (secondary N) is 4. The zero-order valence-corrected chi connectivity index (χ0v) is 19.3. The molecule has 4 atom stereocenters. The largest absolute Gasteiger partial charge is 0.445 e. The summed E-state index contributed by atoms with van der Waals surface area (Å²) in [6.45, 7) is 5.62. The van der Waals surface area contributed by atoms with Gasteiger partial charge in [-0.1, -0.05) is 44.2 Å². The van der Waals surface area contributed by atoms with Crippen LogP contribution in [0.4, 0.5) is 4.79 Å². The van der Waals surface area contributed by atoms with Gasteiger partial charge in [0.1, 0.15) is 18.7 Å². The van der Waals surface area contributed by atoms with Crippen molar-refractivity contribution >= 4 is 23.8 Å². The zero-order valence-electron chi connectivity index (χ0n) is 19.3. The van der Waals surface area contributed by atoms with Crippen molar-refractivity contribution in [2.75, 3.05) is 6.54 Å². The predicted molar refractivity (Wildman–Crippen MR) is 121 cm³/mol. The number of aliphatic hydroxyl groups excluding tert-OH is 1. The summed E-state index contributed by atoms with van der Waals surface area (Å²) in [7, 11) is 0. The summed E-state index contributed by atoms with van der Waals surface area (Å²) in [6.07, 6.45) is -1.30. The van der Waals surface area contributed by atoms with E-state index in [-0.39, 0.29) is 31.4 Å². The Morgan fingerprint density at radius 1 is 1.12 bits per heavy atom. The number of hydrogen-bond acceptors (Lipinski definition) is 6. The zero-order chi connectivity index (χ0) is 24.4. The summed E-state index contributed by atoms with van der Waals surface area (Å²) >= 11 is 0. The van der Waals surface area contributed by atoms with Crippen molar-refractivity contribution in [1.29, 1.82) is 0 Å². The fourth-order valence-electron chi connectivity index (χ4n) is 3.41. The number of aliphatic hydroxyl groups is 1. The molecule has 10 nitrogen and oxygen atoms in total. The maximum atomic E-state index is 12.8. The fourth-order valence-corrected chi connectivity index (χ4v) is 3.41. The first-order valence-corrected chi connectivity index (χ1v) is 11.2. The Morgan fingerprint density at radius 2 is 1.82 bits per heavy atom. The first-order valence-electron chi connectivity index (χ1n) is 11.2. The summed E-state index contributed by atoms with van der Waals surface area (Å²) in [5, 5.41) is 20.8. The van der Waals surface area contributed by atoms with Crippen molar-refractivity contribution in [3.63, 3.8) is 0 Å². The van der Waals surface area contributed by atoms with E-state index in [1.807, 2.05) is 44.2 Å². The molecule has 1 aromatic rings. The van der Waals surface area contributed by atoms with Gasteiger partial charge in [-0.25, -0.2) is 4.79 Å². The van der Waals surface area contributed by atoms with Crippen molar-refractivity contribution in [2.24, 2.45) is 5.92 Å². The molecule has 1 fully saturated rings. The van der Waals surface area contributed by atoms with Crippen LogP contribution in [0, 0.1) is 5.92 Å². The third-order valence-electron chi connectivity index (χ3n) is 5.24. The molecule has 10 heteroatoms. The van der Waals surface area contributed by atoms with Crippen LogP contribution < -0.4 is 21.3 Å². The molecule has 0 unspecified atom stereocenters. The SMILES string of the molecule is CC(C)C[C@@H]1NC(=O)[C@@H](O)[C@H](C)NC(=O)[C@@H](NC(=O)OCc2ccccc2)CCCNC1=O. The second-order valence-corrected chi connectivity index (χ2v) is 8.62. The van der Waals surface area contributed by atoms with Gasteiger partial charge in [0.15, 0.2) is 6.10 Å². The van der Waals surface area contributed by atoms with E-state index < -0.39 is 42.1 Å². The monoisotopic (exact) mass is 462 g/mol. The lowest BCUT2D eigenvalue weighted by molar-refractivity contribution is -0.136. The summed E-state index contributed by atoms with van der Waals surface area (Å²) in [4.78, 5) is 50.0. The average molecular weight is 463 g/mol. The van der Waals surface area contributed by atoms with Gasteiger partial charge in [-0.3, -0.25) is 14.4 Å². The minimum atomic E-state index is -1.57. The predicted octanol–water partition coefficient (Wildman–Crippen LogP) is 0.588. The molecule has 1 heterocycles. The van der Waals surface area contributed by atoms with Crippen LogP contribution >= 0.6 is 0 Å². The highest BCUT2D eigenvalue weighted by Crippen LogP contribution is 2.08. The maximum absolute atomic E-state index is 12.8. The Balaban J connectivity index is 2.05. The lowest BCUT2D eigenvalue weighted by atomic mass is 10.0. The molecule has 0 spiro atoms. The molecule has 1 aliphatic rings. The number of rotatable bonds is 5. The lowest BCUT2D eigenvalue weighted by Crippen LogP contribution is -2.56. The van der Waals surface area contributed by atoms with Crippen LogP contribution in [0.15, 0.2) is 30.3 Å². The normalized spacial score (nSPS) is 24.9. The number of benzene rings is 1. The number of amides is 4.